The molecule has 0 aliphatic carbocycles. The number of benzene rings is 1. The predicted octanol–water partition coefficient (Wildman–Crippen LogP) is 3.54. The Balaban J connectivity index is 2.04. The minimum Gasteiger partial charge on any atom is -0.478 e. The first-order valence-corrected chi connectivity index (χ1v) is 7.17. The predicted molar refractivity (Wildman–Crippen MR) is 76.3 cm³/mol. The highest BCUT2D eigenvalue weighted by Gasteiger charge is 2.28. The lowest BCUT2D eigenvalue weighted by atomic mass is 9.78. The SMILES string of the molecule is CCC1(C)CCN(Cc2cc(C(=O)O)ccc2F)CC1. The molecule has 1 aromatic carbocycles. The van der Waals surface area contributed by atoms with Gasteiger partial charge in [-0.2, -0.15) is 0 Å². The molecule has 1 saturated heterocycles. The van der Waals surface area contributed by atoms with E-state index < -0.39 is 5.97 Å². The van der Waals surface area contributed by atoms with Crippen molar-refractivity contribution in [2.45, 2.75) is 39.7 Å². The van der Waals surface area contributed by atoms with Gasteiger partial charge < -0.3 is 5.11 Å². The topological polar surface area (TPSA) is 40.5 Å². The molecule has 110 valence electrons. The van der Waals surface area contributed by atoms with Crippen LogP contribution in [0.2, 0.25) is 0 Å². The van der Waals surface area contributed by atoms with Gasteiger partial charge in [-0.15, -0.1) is 0 Å². The van der Waals surface area contributed by atoms with Crippen LogP contribution in [0.3, 0.4) is 0 Å². The lowest BCUT2D eigenvalue weighted by Gasteiger charge is -2.39. The molecule has 0 spiro atoms. The number of carboxylic acids is 1. The van der Waals surface area contributed by atoms with Gasteiger partial charge in [-0.25, -0.2) is 9.18 Å². The molecule has 1 aromatic rings. The standard InChI is InChI=1S/C16H22FNO2/c1-3-16(2)6-8-18(9-7-16)11-13-10-12(15(19)20)4-5-14(13)17/h4-5,10H,3,6-9,11H2,1-2H3,(H,19,20). The second kappa shape index (κ2) is 5.92. The van der Waals surface area contributed by atoms with Gasteiger partial charge in [0.25, 0.3) is 0 Å². The summed E-state index contributed by atoms with van der Waals surface area (Å²) in [4.78, 5) is 13.2. The molecule has 1 aliphatic rings. The second-order valence-corrected chi connectivity index (χ2v) is 6.05. The zero-order valence-electron chi connectivity index (χ0n) is 12.2. The smallest absolute Gasteiger partial charge is 0.335 e. The molecule has 0 atom stereocenters. The van der Waals surface area contributed by atoms with E-state index in [1.165, 1.54) is 24.6 Å². The molecule has 1 fully saturated rings. The molecular weight excluding hydrogens is 257 g/mol. The van der Waals surface area contributed by atoms with Gasteiger partial charge in [0.1, 0.15) is 5.82 Å². The molecular formula is C16H22FNO2. The van der Waals surface area contributed by atoms with Crippen molar-refractivity contribution in [1.82, 2.24) is 4.90 Å². The fraction of sp³-hybridized carbons (Fsp3) is 0.562. The lowest BCUT2D eigenvalue weighted by Crippen LogP contribution is -2.38. The van der Waals surface area contributed by atoms with Crippen LogP contribution in [0.5, 0.6) is 0 Å². The number of nitrogens with zero attached hydrogens (tertiary/aromatic N) is 1. The zero-order chi connectivity index (χ0) is 14.8. The molecule has 4 heteroatoms. The first kappa shape index (κ1) is 15.0. The average Bonchev–Trinajstić information content (AvgIpc) is 2.43. The number of halogens is 1. The van der Waals surface area contributed by atoms with Gasteiger partial charge in [0.05, 0.1) is 5.56 Å². The Morgan fingerprint density at radius 3 is 2.60 bits per heavy atom. The summed E-state index contributed by atoms with van der Waals surface area (Å²) in [5.74, 6) is -1.33. The van der Waals surface area contributed by atoms with Crippen LogP contribution < -0.4 is 0 Å². The summed E-state index contributed by atoms with van der Waals surface area (Å²) in [7, 11) is 0. The molecule has 0 unspecified atom stereocenters. The molecule has 3 nitrogen and oxygen atoms in total. The van der Waals surface area contributed by atoms with Crippen molar-refractivity contribution in [3.05, 3.63) is 35.1 Å². The van der Waals surface area contributed by atoms with E-state index in [0.29, 0.717) is 17.5 Å². The number of aromatic carboxylic acids is 1. The molecule has 0 radical (unpaired) electrons. The van der Waals surface area contributed by atoms with E-state index in [2.05, 4.69) is 18.7 Å². The van der Waals surface area contributed by atoms with Crippen LogP contribution in [-0.4, -0.2) is 29.1 Å². The van der Waals surface area contributed by atoms with Crippen molar-refractivity contribution < 1.29 is 14.3 Å². The maximum absolute atomic E-state index is 13.8. The molecule has 0 amide bonds. The number of carboxylic acid groups (broad SMARTS) is 1. The molecule has 1 aliphatic heterocycles. The van der Waals surface area contributed by atoms with Crippen LogP contribution in [0, 0.1) is 11.2 Å². The summed E-state index contributed by atoms with van der Waals surface area (Å²) in [6.07, 6.45) is 3.40. The van der Waals surface area contributed by atoms with Gasteiger partial charge in [-0.3, -0.25) is 4.90 Å². The van der Waals surface area contributed by atoms with Crippen molar-refractivity contribution in [1.29, 1.82) is 0 Å². The van der Waals surface area contributed by atoms with E-state index in [1.807, 2.05) is 0 Å². The summed E-state index contributed by atoms with van der Waals surface area (Å²) < 4.78 is 13.8. The number of hydrogen-bond donors (Lipinski definition) is 1. The van der Waals surface area contributed by atoms with Crippen molar-refractivity contribution >= 4 is 5.97 Å². The Bertz CT molecular complexity index is 493. The Morgan fingerprint density at radius 1 is 1.40 bits per heavy atom. The Morgan fingerprint density at radius 2 is 2.05 bits per heavy atom. The van der Waals surface area contributed by atoms with E-state index in [1.54, 1.807) is 0 Å². The number of hydrogen-bond acceptors (Lipinski definition) is 2. The second-order valence-electron chi connectivity index (χ2n) is 6.05. The van der Waals surface area contributed by atoms with Gasteiger partial charge in [0, 0.05) is 12.1 Å². The van der Waals surface area contributed by atoms with Crippen LogP contribution in [0.4, 0.5) is 4.39 Å². The lowest BCUT2D eigenvalue weighted by molar-refractivity contribution is 0.0696. The largest absolute Gasteiger partial charge is 0.478 e. The Hall–Kier alpha value is -1.42. The minimum atomic E-state index is -1.01. The summed E-state index contributed by atoms with van der Waals surface area (Å²) in [5, 5.41) is 8.97. The molecule has 0 bridgehead atoms. The van der Waals surface area contributed by atoms with Gasteiger partial charge in [0.15, 0.2) is 0 Å². The third-order valence-corrected chi connectivity index (χ3v) is 4.60. The summed E-state index contributed by atoms with van der Waals surface area (Å²) in [6, 6.07) is 4.01. The number of likely N-dealkylation sites (tertiary alicyclic amines) is 1. The van der Waals surface area contributed by atoms with E-state index >= 15 is 0 Å². The number of carbonyl (C=O) groups is 1. The first-order chi connectivity index (χ1) is 9.43. The summed E-state index contributed by atoms with van der Waals surface area (Å²) in [5.41, 5.74) is 1.03. The summed E-state index contributed by atoms with van der Waals surface area (Å²) >= 11 is 0. The van der Waals surface area contributed by atoms with Crippen LogP contribution >= 0.6 is 0 Å². The molecule has 1 N–H and O–H groups in total. The zero-order valence-corrected chi connectivity index (χ0v) is 12.2. The van der Waals surface area contributed by atoms with Crippen LogP contribution in [-0.2, 0) is 6.54 Å². The van der Waals surface area contributed by atoms with Gasteiger partial charge in [-0.1, -0.05) is 20.3 Å². The molecule has 20 heavy (non-hydrogen) atoms. The maximum atomic E-state index is 13.8. The highest BCUT2D eigenvalue weighted by atomic mass is 19.1. The van der Waals surface area contributed by atoms with E-state index in [0.717, 1.165) is 25.9 Å². The van der Waals surface area contributed by atoms with Crippen molar-refractivity contribution in [3.8, 4) is 0 Å². The van der Waals surface area contributed by atoms with Gasteiger partial charge >= 0.3 is 5.97 Å². The molecule has 0 saturated carbocycles. The van der Waals surface area contributed by atoms with E-state index in [9.17, 15) is 9.18 Å². The average molecular weight is 279 g/mol. The molecule has 2 rings (SSSR count). The third kappa shape index (κ3) is 3.37. The van der Waals surface area contributed by atoms with E-state index in [-0.39, 0.29) is 11.4 Å². The van der Waals surface area contributed by atoms with Crippen molar-refractivity contribution in [2.75, 3.05) is 13.1 Å². The molecule has 0 aromatic heterocycles. The number of piperidine rings is 1. The normalized spacial score (nSPS) is 18.9. The number of rotatable bonds is 4. The minimum absolute atomic E-state index is 0.150. The third-order valence-electron chi connectivity index (χ3n) is 4.60. The monoisotopic (exact) mass is 279 g/mol. The van der Waals surface area contributed by atoms with Crippen molar-refractivity contribution in [3.63, 3.8) is 0 Å². The maximum Gasteiger partial charge on any atom is 0.335 e. The molecule has 1 heterocycles. The fourth-order valence-electron chi connectivity index (χ4n) is 2.67. The Labute approximate surface area is 119 Å². The highest BCUT2D eigenvalue weighted by molar-refractivity contribution is 5.87. The Kier molecular flexibility index (Phi) is 4.43. The quantitative estimate of drug-likeness (QED) is 0.916. The van der Waals surface area contributed by atoms with Crippen molar-refractivity contribution in [2.24, 2.45) is 5.41 Å². The van der Waals surface area contributed by atoms with Crippen LogP contribution in [0.25, 0.3) is 0 Å². The first-order valence-electron chi connectivity index (χ1n) is 7.17. The fourth-order valence-corrected chi connectivity index (χ4v) is 2.67. The highest BCUT2D eigenvalue weighted by Crippen LogP contribution is 2.34. The van der Waals surface area contributed by atoms with Gasteiger partial charge in [0.2, 0.25) is 0 Å². The van der Waals surface area contributed by atoms with Crippen LogP contribution in [0.15, 0.2) is 18.2 Å². The van der Waals surface area contributed by atoms with Crippen LogP contribution in [0.1, 0.15) is 49.0 Å². The summed E-state index contributed by atoms with van der Waals surface area (Å²) in [6.45, 7) is 6.90. The van der Waals surface area contributed by atoms with E-state index in [4.69, 9.17) is 5.11 Å². The van der Waals surface area contributed by atoms with Gasteiger partial charge in [-0.05, 0) is 49.5 Å².